The van der Waals surface area contributed by atoms with Crippen molar-refractivity contribution in [1.82, 2.24) is 14.2 Å². The van der Waals surface area contributed by atoms with Crippen LogP contribution in [0.1, 0.15) is 16.2 Å². The summed E-state index contributed by atoms with van der Waals surface area (Å²) in [4.78, 5) is 15.2. The fourth-order valence-corrected chi connectivity index (χ4v) is 1.27. The van der Waals surface area contributed by atoms with E-state index < -0.39 is 5.97 Å². The third-order valence-electron chi connectivity index (χ3n) is 1.88. The Morgan fingerprint density at radius 1 is 1.38 bits per heavy atom. The number of esters is 1. The Morgan fingerprint density at radius 3 is 2.75 bits per heavy atom. The number of nitrogens with zero attached hydrogens (tertiary/aromatic N) is 3. The smallest absolute Gasteiger partial charge is 0.378 e. The van der Waals surface area contributed by atoms with Crippen molar-refractivity contribution in [3.8, 4) is 0 Å². The summed E-state index contributed by atoms with van der Waals surface area (Å²) in [7, 11) is 0. The molecule has 0 fully saturated rings. The number of benzene rings is 1. The molecule has 1 heterocycles. The van der Waals surface area contributed by atoms with Crippen LogP contribution < -0.4 is 0 Å². The Labute approximate surface area is 97.6 Å². The zero-order chi connectivity index (χ0) is 11.4. The van der Waals surface area contributed by atoms with Crippen molar-refractivity contribution in [3.05, 3.63) is 48.0 Å². The van der Waals surface area contributed by atoms with E-state index >= 15 is 0 Å². The standard InChI is InChI=1S/C10H9N3O2S/c14-10(9-11-7-13(16)12-9)15-6-8-4-2-1-3-5-8/h1-5,7,16H,6H2. The van der Waals surface area contributed by atoms with Crippen molar-refractivity contribution >= 4 is 18.8 Å². The second-order valence-corrected chi connectivity index (χ2v) is 3.46. The van der Waals surface area contributed by atoms with Crippen molar-refractivity contribution in [2.24, 2.45) is 0 Å². The maximum absolute atomic E-state index is 11.4. The molecule has 0 N–H and O–H groups in total. The lowest BCUT2D eigenvalue weighted by Gasteiger charge is -2.01. The summed E-state index contributed by atoms with van der Waals surface area (Å²) in [5.41, 5.74) is 0.918. The molecule has 82 valence electrons. The van der Waals surface area contributed by atoms with E-state index in [9.17, 15) is 4.79 Å². The zero-order valence-electron chi connectivity index (χ0n) is 8.28. The predicted molar refractivity (Wildman–Crippen MR) is 60.0 cm³/mol. The van der Waals surface area contributed by atoms with Gasteiger partial charge in [-0.05, 0) is 18.4 Å². The Balaban J connectivity index is 1.94. The fourth-order valence-electron chi connectivity index (χ4n) is 1.14. The highest BCUT2D eigenvalue weighted by molar-refractivity contribution is 7.78. The molecule has 1 aromatic carbocycles. The van der Waals surface area contributed by atoms with Gasteiger partial charge in [-0.2, -0.15) is 4.09 Å². The number of carbonyl (C=O) groups excluding carboxylic acids is 1. The minimum Gasteiger partial charge on any atom is -0.455 e. The van der Waals surface area contributed by atoms with Crippen LogP contribution in [0, 0.1) is 0 Å². The lowest BCUT2D eigenvalue weighted by atomic mass is 10.2. The molecule has 2 aromatic rings. The lowest BCUT2D eigenvalue weighted by molar-refractivity contribution is 0.0458. The molecule has 0 spiro atoms. The summed E-state index contributed by atoms with van der Waals surface area (Å²) in [5, 5.41) is 3.72. The Kier molecular flexibility index (Phi) is 3.21. The number of aromatic nitrogens is 3. The first kappa shape index (κ1) is 10.7. The number of rotatable bonds is 3. The van der Waals surface area contributed by atoms with Crippen molar-refractivity contribution in [2.75, 3.05) is 0 Å². The van der Waals surface area contributed by atoms with Crippen LogP contribution in [0.15, 0.2) is 36.7 Å². The molecule has 0 aliphatic carbocycles. The molecule has 0 radical (unpaired) electrons. The van der Waals surface area contributed by atoms with Crippen LogP contribution in [0.4, 0.5) is 0 Å². The fraction of sp³-hybridized carbons (Fsp3) is 0.100. The molecule has 0 unspecified atom stereocenters. The number of hydrogen-bond acceptors (Lipinski definition) is 5. The first-order valence-corrected chi connectivity index (χ1v) is 4.97. The maximum atomic E-state index is 11.4. The summed E-state index contributed by atoms with van der Waals surface area (Å²) < 4.78 is 6.17. The van der Waals surface area contributed by atoms with Gasteiger partial charge in [-0.25, -0.2) is 9.78 Å². The van der Waals surface area contributed by atoms with E-state index in [0.29, 0.717) is 0 Å². The van der Waals surface area contributed by atoms with E-state index in [-0.39, 0.29) is 12.4 Å². The molecule has 0 atom stereocenters. The first-order valence-electron chi connectivity index (χ1n) is 4.57. The van der Waals surface area contributed by atoms with Gasteiger partial charge < -0.3 is 4.74 Å². The van der Waals surface area contributed by atoms with E-state index in [0.717, 1.165) is 9.65 Å². The van der Waals surface area contributed by atoms with Crippen LogP contribution in [0.5, 0.6) is 0 Å². The molecule has 1 aromatic heterocycles. The minimum absolute atomic E-state index is 0.00549. The van der Waals surface area contributed by atoms with Gasteiger partial charge in [0.15, 0.2) is 0 Å². The second-order valence-electron chi connectivity index (χ2n) is 3.05. The van der Waals surface area contributed by atoms with Crippen molar-refractivity contribution < 1.29 is 9.53 Å². The summed E-state index contributed by atoms with van der Waals surface area (Å²) in [6, 6.07) is 9.40. The van der Waals surface area contributed by atoms with Crippen LogP contribution in [-0.4, -0.2) is 20.1 Å². The average Bonchev–Trinajstić information content (AvgIpc) is 2.74. The van der Waals surface area contributed by atoms with Gasteiger partial charge in [-0.3, -0.25) is 0 Å². The van der Waals surface area contributed by atoms with Crippen molar-refractivity contribution in [3.63, 3.8) is 0 Å². The molecule has 6 heteroatoms. The highest BCUT2D eigenvalue weighted by Crippen LogP contribution is 2.03. The lowest BCUT2D eigenvalue weighted by Crippen LogP contribution is -2.07. The van der Waals surface area contributed by atoms with Crippen LogP contribution in [-0.2, 0) is 11.3 Å². The van der Waals surface area contributed by atoms with Gasteiger partial charge in [-0.1, -0.05) is 30.3 Å². The minimum atomic E-state index is -0.559. The number of ether oxygens (including phenoxy) is 1. The van der Waals surface area contributed by atoms with Gasteiger partial charge in [0, 0.05) is 0 Å². The summed E-state index contributed by atoms with van der Waals surface area (Å²) >= 11 is 3.87. The number of carbonyl (C=O) groups is 1. The topological polar surface area (TPSA) is 57.0 Å². The van der Waals surface area contributed by atoms with Gasteiger partial charge >= 0.3 is 5.97 Å². The molecule has 0 saturated carbocycles. The van der Waals surface area contributed by atoms with Gasteiger partial charge in [0.2, 0.25) is 0 Å². The maximum Gasteiger partial charge on any atom is 0.378 e. The predicted octanol–water partition coefficient (Wildman–Crippen LogP) is 1.33. The summed E-state index contributed by atoms with van der Waals surface area (Å²) in [6.45, 7) is 0.209. The quantitative estimate of drug-likeness (QED) is 0.644. The van der Waals surface area contributed by atoms with Crippen molar-refractivity contribution in [1.29, 1.82) is 0 Å². The molecule has 0 aliphatic heterocycles. The molecule has 5 nitrogen and oxygen atoms in total. The molecule has 0 amide bonds. The van der Waals surface area contributed by atoms with Crippen LogP contribution >= 0.6 is 12.8 Å². The molecular weight excluding hydrogens is 226 g/mol. The second kappa shape index (κ2) is 4.80. The Hall–Kier alpha value is -1.82. The molecule has 0 saturated heterocycles. The van der Waals surface area contributed by atoms with E-state index in [2.05, 4.69) is 22.9 Å². The van der Waals surface area contributed by atoms with Crippen LogP contribution in [0.25, 0.3) is 0 Å². The van der Waals surface area contributed by atoms with E-state index in [4.69, 9.17) is 4.74 Å². The zero-order valence-corrected chi connectivity index (χ0v) is 9.17. The van der Waals surface area contributed by atoms with Gasteiger partial charge in [0.1, 0.15) is 12.9 Å². The van der Waals surface area contributed by atoms with Crippen LogP contribution in [0.2, 0.25) is 0 Å². The van der Waals surface area contributed by atoms with Crippen molar-refractivity contribution in [2.45, 2.75) is 6.61 Å². The third kappa shape index (κ3) is 2.60. The average molecular weight is 235 g/mol. The number of hydrogen-bond donors (Lipinski definition) is 1. The van der Waals surface area contributed by atoms with Gasteiger partial charge in [0.25, 0.3) is 5.82 Å². The molecular formula is C10H9N3O2S. The highest BCUT2D eigenvalue weighted by Gasteiger charge is 2.12. The molecule has 0 aliphatic rings. The Bertz CT molecular complexity index is 484. The summed E-state index contributed by atoms with van der Waals surface area (Å²) in [5.74, 6) is -0.553. The SMILES string of the molecule is O=C(OCc1ccccc1)c1ncn(S)n1. The van der Waals surface area contributed by atoms with E-state index in [1.54, 1.807) is 0 Å². The third-order valence-corrected chi connectivity index (χ3v) is 2.07. The Morgan fingerprint density at radius 2 is 2.12 bits per heavy atom. The van der Waals surface area contributed by atoms with E-state index in [1.165, 1.54) is 6.33 Å². The monoisotopic (exact) mass is 235 g/mol. The summed E-state index contributed by atoms with van der Waals surface area (Å²) in [6.07, 6.45) is 1.32. The normalized spacial score (nSPS) is 10.1. The van der Waals surface area contributed by atoms with Gasteiger partial charge in [0.05, 0.1) is 0 Å². The van der Waals surface area contributed by atoms with E-state index in [1.807, 2.05) is 30.3 Å². The molecule has 2 rings (SSSR count). The molecule has 0 bridgehead atoms. The van der Waals surface area contributed by atoms with Gasteiger partial charge in [-0.15, -0.1) is 5.10 Å². The molecule has 16 heavy (non-hydrogen) atoms. The first-order chi connectivity index (χ1) is 7.75. The van der Waals surface area contributed by atoms with Crippen LogP contribution in [0.3, 0.4) is 0 Å². The number of thiol groups is 1. The highest BCUT2D eigenvalue weighted by atomic mass is 32.1. The largest absolute Gasteiger partial charge is 0.455 e.